The van der Waals surface area contributed by atoms with E-state index < -0.39 is 86.8 Å². The smallest absolute Gasteiger partial charge is 0.220 e. The maximum atomic E-state index is 13.2. The van der Waals surface area contributed by atoms with Crippen LogP contribution in [0.5, 0.6) is 0 Å². The number of hydrogen-bond donors (Lipinski definition) is 9. The molecule has 0 aromatic heterocycles. The molecule has 2 rings (SSSR count). The van der Waals surface area contributed by atoms with Crippen LogP contribution in [0.1, 0.15) is 245 Å². The van der Waals surface area contributed by atoms with Gasteiger partial charge < -0.3 is 65.1 Å². The molecule has 1 amide bonds. The van der Waals surface area contributed by atoms with E-state index >= 15 is 0 Å². The average Bonchev–Trinajstić information content (AvgIpc) is 3.42. The van der Waals surface area contributed by atoms with E-state index in [1.165, 1.54) is 167 Å². The van der Waals surface area contributed by atoms with Gasteiger partial charge in [-0.2, -0.15) is 0 Å². The molecule has 2 fully saturated rings. The van der Waals surface area contributed by atoms with Crippen molar-refractivity contribution in [2.24, 2.45) is 0 Å². The van der Waals surface area contributed by atoms with Gasteiger partial charge in [0, 0.05) is 6.42 Å². The number of nitrogens with one attached hydrogen (secondary N) is 1. The van der Waals surface area contributed by atoms with Crippen LogP contribution in [0.2, 0.25) is 0 Å². The van der Waals surface area contributed by atoms with Crippen molar-refractivity contribution < 1.29 is 64.6 Å². The van der Waals surface area contributed by atoms with E-state index in [4.69, 9.17) is 18.9 Å². The van der Waals surface area contributed by atoms with E-state index in [-0.39, 0.29) is 18.9 Å². The Labute approximate surface area is 461 Å². The zero-order chi connectivity index (χ0) is 55.3. The van der Waals surface area contributed by atoms with E-state index in [0.717, 1.165) is 51.4 Å². The molecule has 2 heterocycles. The summed E-state index contributed by atoms with van der Waals surface area (Å²) in [4.78, 5) is 13.2. The third-order valence-corrected chi connectivity index (χ3v) is 15.0. The molecule has 12 atom stereocenters. The monoisotopic (exact) mass is 1080 g/mol. The molecule has 2 aliphatic heterocycles. The number of allylic oxidation sites excluding steroid dienone is 7. The van der Waals surface area contributed by atoms with E-state index in [1.807, 2.05) is 6.08 Å². The first-order chi connectivity index (χ1) is 37.1. The number of amides is 1. The lowest BCUT2D eigenvalue weighted by Gasteiger charge is -2.46. The molecular weight excluding hydrogens is 967 g/mol. The molecule has 9 N–H and O–H groups in total. The van der Waals surface area contributed by atoms with Crippen molar-refractivity contribution in [1.82, 2.24) is 5.32 Å². The van der Waals surface area contributed by atoms with Crippen LogP contribution in [0.4, 0.5) is 0 Å². The summed E-state index contributed by atoms with van der Waals surface area (Å²) >= 11 is 0. The molecule has 0 spiro atoms. The van der Waals surface area contributed by atoms with Crippen LogP contribution in [-0.2, 0) is 23.7 Å². The third kappa shape index (κ3) is 32.9. The predicted octanol–water partition coefficient (Wildman–Crippen LogP) is 10.8. The lowest BCUT2D eigenvalue weighted by Crippen LogP contribution is -2.65. The third-order valence-electron chi connectivity index (χ3n) is 15.0. The highest BCUT2D eigenvalue weighted by atomic mass is 16.7. The van der Waals surface area contributed by atoms with Crippen LogP contribution in [-0.4, -0.2) is 140 Å². The standard InChI is InChI=1S/C62H113NO13/c1-3-5-7-9-11-13-15-16-17-18-19-20-21-22-23-24-25-26-27-28-29-30-31-32-33-34-36-38-40-42-44-46-54(67)63-50(51(66)45-43-41-39-37-35-14-12-10-8-6-4-2)49-73-61-59(72)57(70)60(53(48-65)75-61)76-62-58(71)56(69)55(68)52(47-64)74-62/h15-16,18-19,21-22,43,45,50-53,55-62,64-66,68-72H,3-14,17,20,23-42,44,46-49H2,1-2H3,(H,63,67)/b16-15-,19-18-,22-21-,45-43+. The zero-order valence-electron chi connectivity index (χ0n) is 47.7. The molecule has 0 radical (unpaired) electrons. The lowest BCUT2D eigenvalue weighted by atomic mass is 9.97. The number of aliphatic hydroxyl groups is 8. The Kier molecular flexibility index (Phi) is 44.0. The predicted molar refractivity (Wildman–Crippen MR) is 304 cm³/mol. The Morgan fingerprint density at radius 3 is 1.33 bits per heavy atom. The fourth-order valence-corrected chi connectivity index (χ4v) is 10.0. The second kappa shape index (κ2) is 47.7. The van der Waals surface area contributed by atoms with Crippen molar-refractivity contribution in [2.75, 3.05) is 19.8 Å². The summed E-state index contributed by atoms with van der Waals surface area (Å²) in [6, 6.07) is -0.913. The van der Waals surface area contributed by atoms with Gasteiger partial charge in [-0.25, -0.2) is 0 Å². The highest BCUT2D eigenvalue weighted by molar-refractivity contribution is 5.76. The fraction of sp³-hybridized carbons (Fsp3) is 0.855. The molecule has 14 nitrogen and oxygen atoms in total. The molecule has 0 aromatic carbocycles. The second-order valence-corrected chi connectivity index (χ2v) is 21.8. The van der Waals surface area contributed by atoms with Crippen molar-refractivity contribution >= 4 is 5.91 Å². The zero-order valence-corrected chi connectivity index (χ0v) is 47.7. The van der Waals surface area contributed by atoms with Crippen molar-refractivity contribution in [3.05, 3.63) is 48.6 Å². The molecular formula is C62H113NO13. The van der Waals surface area contributed by atoms with Gasteiger partial charge in [-0.1, -0.05) is 229 Å². The van der Waals surface area contributed by atoms with Crippen molar-refractivity contribution in [3.63, 3.8) is 0 Å². The van der Waals surface area contributed by atoms with E-state index in [1.54, 1.807) is 6.08 Å². The van der Waals surface area contributed by atoms with Gasteiger partial charge in [0.05, 0.1) is 32.0 Å². The van der Waals surface area contributed by atoms with E-state index in [9.17, 15) is 45.6 Å². The summed E-state index contributed by atoms with van der Waals surface area (Å²) in [7, 11) is 0. The average molecular weight is 1080 g/mol. The number of carbonyl (C=O) groups is 1. The van der Waals surface area contributed by atoms with Gasteiger partial charge in [0.25, 0.3) is 0 Å². The molecule has 76 heavy (non-hydrogen) atoms. The van der Waals surface area contributed by atoms with Gasteiger partial charge in [0.1, 0.15) is 48.8 Å². The molecule has 0 bridgehead atoms. The van der Waals surface area contributed by atoms with Crippen LogP contribution < -0.4 is 5.32 Å². The van der Waals surface area contributed by atoms with Gasteiger partial charge in [0.2, 0.25) is 5.91 Å². The van der Waals surface area contributed by atoms with Gasteiger partial charge in [-0.15, -0.1) is 0 Å². The summed E-state index contributed by atoms with van der Waals surface area (Å²) < 4.78 is 22.7. The summed E-state index contributed by atoms with van der Waals surface area (Å²) in [6.07, 6.45) is 43.1. The Morgan fingerprint density at radius 2 is 0.868 bits per heavy atom. The summed E-state index contributed by atoms with van der Waals surface area (Å²) in [5.41, 5.74) is 0. The first-order valence-corrected chi connectivity index (χ1v) is 30.9. The van der Waals surface area contributed by atoms with E-state index in [0.29, 0.717) is 6.42 Å². The number of ether oxygens (including phenoxy) is 4. The van der Waals surface area contributed by atoms with Crippen LogP contribution in [0.25, 0.3) is 0 Å². The Morgan fingerprint density at radius 1 is 0.474 bits per heavy atom. The van der Waals surface area contributed by atoms with E-state index in [2.05, 4.69) is 55.6 Å². The molecule has 14 heteroatoms. The topological polar surface area (TPSA) is 228 Å². The second-order valence-electron chi connectivity index (χ2n) is 21.8. The highest BCUT2D eigenvalue weighted by Gasteiger charge is 2.51. The molecule has 0 saturated carbocycles. The van der Waals surface area contributed by atoms with Gasteiger partial charge in [-0.3, -0.25) is 4.79 Å². The normalized spacial score (nSPS) is 25.2. The van der Waals surface area contributed by atoms with Crippen molar-refractivity contribution in [1.29, 1.82) is 0 Å². The molecule has 2 saturated heterocycles. The number of rotatable bonds is 49. The molecule has 2 aliphatic rings. The summed E-state index contributed by atoms with van der Waals surface area (Å²) in [5.74, 6) is -0.240. The number of unbranched alkanes of at least 4 members (excludes halogenated alkanes) is 30. The number of hydrogen-bond acceptors (Lipinski definition) is 13. The van der Waals surface area contributed by atoms with Crippen LogP contribution >= 0.6 is 0 Å². The minimum absolute atomic E-state index is 0.240. The number of aliphatic hydroxyl groups excluding tert-OH is 8. The quantitative estimate of drug-likeness (QED) is 0.0204. The number of carbonyl (C=O) groups excluding carboxylic acids is 1. The van der Waals surface area contributed by atoms with Crippen LogP contribution in [0, 0.1) is 0 Å². The maximum absolute atomic E-state index is 13.2. The Bertz CT molecular complexity index is 1460. The fourth-order valence-electron chi connectivity index (χ4n) is 10.0. The minimum Gasteiger partial charge on any atom is -0.394 e. The Balaban J connectivity index is 1.64. The summed E-state index contributed by atoms with van der Waals surface area (Å²) in [6.45, 7) is 2.77. The van der Waals surface area contributed by atoms with Gasteiger partial charge in [0.15, 0.2) is 12.6 Å². The Hall–Kier alpha value is -2.05. The van der Waals surface area contributed by atoms with Crippen LogP contribution in [0.15, 0.2) is 48.6 Å². The lowest BCUT2D eigenvalue weighted by molar-refractivity contribution is -0.359. The molecule has 12 unspecified atom stereocenters. The highest BCUT2D eigenvalue weighted by Crippen LogP contribution is 2.30. The van der Waals surface area contributed by atoms with Gasteiger partial charge >= 0.3 is 0 Å². The van der Waals surface area contributed by atoms with Gasteiger partial charge in [-0.05, 0) is 57.8 Å². The molecule has 0 aromatic rings. The molecule has 444 valence electrons. The minimum atomic E-state index is -1.79. The summed E-state index contributed by atoms with van der Waals surface area (Å²) in [5, 5.41) is 86.9. The van der Waals surface area contributed by atoms with Crippen molar-refractivity contribution in [3.8, 4) is 0 Å². The largest absolute Gasteiger partial charge is 0.394 e. The molecule has 0 aliphatic carbocycles. The maximum Gasteiger partial charge on any atom is 0.220 e. The van der Waals surface area contributed by atoms with Crippen molar-refractivity contribution in [2.45, 2.75) is 319 Å². The first kappa shape index (κ1) is 70.1. The first-order valence-electron chi connectivity index (χ1n) is 30.9. The SMILES string of the molecule is CCCCCCC/C=C\C/C=C\C/C=C\CCCCCCCCCCCCCCCCCCC(=O)NC(COC1OC(CO)C(OC2OC(CO)C(O)C(O)C2O)C(O)C1O)C(O)/C=C/CCCCCCCCCCC. The van der Waals surface area contributed by atoms with Crippen LogP contribution in [0.3, 0.4) is 0 Å².